The van der Waals surface area contributed by atoms with Crippen molar-refractivity contribution in [3.8, 4) is 67.5 Å². The Morgan fingerprint density at radius 3 is 1.34 bits per heavy atom. The molecule has 2 heterocycles. The summed E-state index contributed by atoms with van der Waals surface area (Å²) in [4.78, 5) is 16.2. The number of benzene rings is 10. The lowest BCUT2D eigenvalue weighted by Crippen LogP contribution is -2.74. The molecule has 0 spiro atoms. The molecule has 0 aliphatic rings. The number of para-hydroxylation sites is 1. The molecule has 0 N–H and O–H groups in total. The first kappa shape index (κ1) is 40.7. The average molecular weight is 886 g/mol. The number of furan rings is 1. The normalized spacial score (nSPS) is 11.5. The number of fused-ring (bicyclic) bond motifs is 3. The van der Waals surface area contributed by atoms with Crippen molar-refractivity contribution in [2.45, 2.75) is 0 Å². The third-order valence-electron chi connectivity index (χ3n) is 13.1. The first-order chi connectivity index (χ1) is 33.7. The maximum Gasteiger partial charge on any atom is 0.179 e. The van der Waals surface area contributed by atoms with Gasteiger partial charge in [-0.1, -0.05) is 237 Å². The Kier molecular flexibility index (Phi) is 10.5. The minimum atomic E-state index is -2.88. The van der Waals surface area contributed by atoms with Gasteiger partial charge in [-0.25, -0.2) is 15.0 Å². The summed E-state index contributed by atoms with van der Waals surface area (Å²) < 4.78 is 6.40. The van der Waals surface area contributed by atoms with Crippen molar-refractivity contribution in [3.05, 3.63) is 261 Å². The standard InChI is InChI=1S/C63H43N3OSi/c1-7-23-44(24-8-1)48-42-55(47-29-21-36-52(41-47)68(49-30-13-4-14-31-49,50-32-15-5-16-33-50)51-34-17-6-18-35-51)59(45-25-9-2-10-26-45)56(43-48)63-65-61(46-27-11-3-12-28-46)64-62(66-63)54-38-22-40-58-60(54)53-37-19-20-39-57(53)67-58/h1-43H. The second-order valence-corrected chi connectivity index (χ2v) is 20.9. The third kappa shape index (κ3) is 7.23. The van der Waals surface area contributed by atoms with Crippen LogP contribution >= 0.6 is 0 Å². The maximum absolute atomic E-state index is 6.40. The monoisotopic (exact) mass is 885 g/mol. The molecule has 68 heavy (non-hydrogen) atoms. The Bertz CT molecular complexity index is 3620. The summed E-state index contributed by atoms with van der Waals surface area (Å²) in [6.45, 7) is 0. The third-order valence-corrected chi connectivity index (χ3v) is 17.9. The zero-order valence-electron chi connectivity index (χ0n) is 37.1. The van der Waals surface area contributed by atoms with Gasteiger partial charge in [-0.15, -0.1) is 0 Å². The van der Waals surface area contributed by atoms with E-state index in [1.54, 1.807) is 0 Å². The van der Waals surface area contributed by atoms with E-state index < -0.39 is 8.07 Å². The molecule has 4 nitrogen and oxygen atoms in total. The Labute approximate surface area is 396 Å². The molecule has 320 valence electrons. The summed E-state index contributed by atoms with van der Waals surface area (Å²) in [6.07, 6.45) is 0. The van der Waals surface area contributed by atoms with E-state index in [0.29, 0.717) is 17.5 Å². The molecule has 0 unspecified atom stereocenters. The van der Waals surface area contributed by atoms with Gasteiger partial charge in [-0.05, 0) is 72.8 Å². The Balaban J connectivity index is 1.17. The Morgan fingerprint density at radius 1 is 0.279 bits per heavy atom. The number of hydrogen-bond acceptors (Lipinski definition) is 4. The summed E-state index contributed by atoms with van der Waals surface area (Å²) in [5.41, 5.74) is 10.7. The van der Waals surface area contributed by atoms with Crippen LogP contribution in [0.5, 0.6) is 0 Å². The van der Waals surface area contributed by atoms with Gasteiger partial charge in [0.05, 0.1) is 0 Å². The van der Waals surface area contributed by atoms with Crippen LogP contribution in [0.1, 0.15) is 0 Å². The molecule has 0 radical (unpaired) electrons. The van der Waals surface area contributed by atoms with Crippen LogP contribution in [0, 0.1) is 0 Å². The summed E-state index contributed by atoms with van der Waals surface area (Å²) in [7, 11) is -2.88. The summed E-state index contributed by atoms with van der Waals surface area (Å²) in [5.74, 6) is 1.74. The molecule has 5 heteroatoms. The number of hydrogen-bond donors (Lipinski definition) is 0. The molecule has 0 aliphatic carbocycles. The zero-order valence-corrected chi connectivity index (χ0v) is 38.1. The summed E-state index contributed by atoms with van der Waals surface area (Å²) >= 11 is 0. The largest absolute Gasteiger partial charge is 0.456 e. The van der Waals surface area contributed by atoms with E-state index in [1.807, 2.05) is 48.5 Å². The van der Waals surface area contributed by atoms with Crippen LogP contribution in [0.3, 0.4) is 0 Å². The molecule has 0 bridgehead atoms. The van der Waals surface area contributed by atoms with Crippen molar-refractivity contribution in [2.24, 2.45) is 0 Å². The van der Waals surface area contributed by atoms with Crippen LogP contribution < -0.4 is 20.7 Å². The molecule has 0 saturated carbocycles. The topological polar surface area (TPSA) is 51.8 Å². The highest BCUT2D eigenvalue weighted by Crippen LogP contribution is 2.44. The molecule has 0 saturated heterocycles. The first-order valence-corrected chi connectivity index (χ1v) is 25.0. The van der Waals surface area contributed by atoms with Gasteiger partial charge in [-0.3, -0.25) is 0 Å². The van der Waals surface area contributed by atoms with Crippen molar-refractivity contribution in [2.75, 3.05) is 0 Å². The van der Waals surface area contributed by atoms with Gasteiger partial charge in [0.1, 0.15) is 11.2 Å². The minimum absolute atomic E-state index is 0.572. The van der Waals surface area contributed by atoms with E-state index in [-0.39, 0.29) is 0 Å². The van der Waals surface area contributed by atoms with E-state index >= 15 is 0 Å². The van der Waals surface area contributed by atoms with Crippen molar-refractivity contribution < 1.29 is 4.42 Å². The van der Waals surface area contributed by atoms with E-state index in [0.717, 1.165) is 72.0 Å². The lowest BCUT2D eigenvalue weighted by Gasteiger charge is -2.34. The molecule has 0 atom stereocenters. The molecule has 2 aromatic heterocycles. The van der Waals surface area contributed by atoms with Crippen LogP contribution in [-0.2, 0) is 0 Å². The van der Waals surface area contributed by atoms with Crippen LogP contribution in [-0.4, -0.2) is 23.0 Å². The van der Waals surface area contributed by atoms with Crippen LogP contribution in [0.4, 0.5) is 0 Å². The van der Waals surface area contributed by atoms with E-state index in [9.17, 15) is 0 Å². The summed E-state index contributed by atoms with van der Waals surface area (Å²) in [5, 5.41) is 7.24. The smallest absolute Gasteiger partial charge is 0.179 e. The highest BCUT2D eigenvalue weighted by Gasteiger charge is 2.41. The quantitative estimate of drug-likeness (QED) is 0.101. The second-order valence-electron chi connectivity index (χ2n) is 17.1. The van der Waals surface area contributed by atoms with Crippen molar-refractivity contribution >= 4 is 50.8 Å². The molecule has 0 aliphatic heterocycles. The van der Waals surface area contributed by atoms with E-state index in [1.165, 1.54) is 20.7 Å². The predicted octanol–water partition coefficient (Wildman–Crippen LogP) is 13.2. The van der Waals surface area contributed by atoms with Crippen molar-refractivity contribution in [1.82, 2.24) is 15.0 Å². The molecular weight excluding hydrogens is 843 g/mol. The number of nitrogens with zero attached hydrogens (tertiary/aromatic N) is 3. The maximum atomic E-state index is 6.40. The van der Waals surface area contributed by atoms with Gasteiger partial charge in [0.25, 0.3) is 0 Å². The lowest BCUT2D eigenvalue weighted by atomic mass is 9.86. The lowest BCUT2D eigenvalue weighted by molar-refractivity contribution is 0.669. The van der Waals surface area contributed by atoms with Crippen LogP contribution in [0.2, 0.25) is 0 Å². The Morgan fingerprint density at radius 2 is 0.721 bits per heavy atom. The van der Waals surface area contributed by atoms with Gasteiger partial charge in [0.15, 0.2) is 25.5 Å². The fourth-order valence-electron chi connectivity index (χ4n) is 10.0. The highest BCUT2D eigenvalue weighted by molar-refractivity contribution is 7.19. The van der Waals surface area contributed by atoms with E-state index in [2.05, 4.69) is 212 Å². The van der Waals surface area contributed by atoms with Gasteiger partial charge in [-0.2, -0.15) is 0 Å². The molecular formula is C63H43N3OSi. The molecule has 12 aromatic rings. The zero-order chi connectivity index (χ0) is 45.3. The van der Waals surface area contributed by atoms with E-state index in [4.69, 9.17) is 19.4 Å². The SMILES string of the molecule is c1ccc(-c2cc(-c3cccc([Si](c4ccccc4)(c4ccccc4)c4ccccc4)c3)c(-c3ccccc3)c(-c3nc(-c4ccccc4)nc(-c4cccc5oc6ccccc6c45)n3)c2)cc1. The number of aromatic nitrogens is 3. The molecule has 12 rings (SSSR count). The molecule has 10 aromatic carbocycles. The highest BCUT2D eigenvalue weighted by atomic mass is 28.3. The molecule has 0 amide bonds. The number of rotatable bonds is 10. The van der Waals surface area contributed by atoms with Crippen molar-refractivity contribution in [3.63, 3.8) is 0 Å². The van der Waals surface area contributed by atoms with Gasteiger partial charge in [0, 0.05) is 33.0 Å². The summed E-state index contributed by atoms with van der Waals surface area (Å²) in [6, 6.07) is 93.1. The average Bonchev–Trinajstić information content (AvgIpc) is 3.82. The minimum Gasteiger partial charge on any atom is -0.456 e. The fraction of sp³-hybridized carbons (Fsp3) is 0. The van der Waals surface area contributed by atoms with Gasteiger partial charge < -0.3 is 4.42 Å². The molecule has 0 fully saturated rings. The van der Waals surface area contributed by atoms with Crippen LogP contribution in [0.25, 0.3) is 89.5 Å². The first-order valence-electron chi connectivity index (χ1n) is 23.0. The van der Waals surface area contributed by atoms with Crippen molar-refractivity contribution in [1.29, 1.82) is 0 Å². The van der Waals surface area contributed by atoms with Crippen LogP contribution in [0.15, 0.2) is 265 Å². The fourth-order valence-corrected chi connectivity index (χ4v) is 14.8. The van der Waals surface area contributed by atoms with Gasteiger partial charge >= 0.3 is 0 Å². The Hall–Kier alpha value is -8.77. The van der Waals surface area contributed by atoms with Gasteiger partial charge in [0.2, 0.25) is 0 Å². The second kappa shape index (κ2) is 17.6. The predicted molar refractivity (Wildman–Crippen MR) is 283 cm³/mol.